The molecule has 2 aromatic carbocycles. The molecule has 0 N–H and O–H groups in total. The van der Waals surface area contributed by atoms with Gasteiger partial charge in [-0.2, -0.15) is 0 Å². The van der Waals surface area contributed by atoms with Gasteiger partial charge in [0.05, 0.1) is 0 Å². The van der Waals surface area contributed by atoms with Gasteiger partial charge in [-0.3, -0.25) is 9.59 Å². The molecule has 1 aliphatic heterocycles. The summed E-state index contributed by atoms with van der Waals surface area (Å²) < 4.78 is 13.0. The Morgan fingerprint density at radius 3 is 2.22 bits per heavy atom. The van der Waals surface area contributed by atoms with Crippen molar-refractivity contribution in [2.75, 3.05) is 26.2 Å². The normalized spacial score (nSPS) is 14.7. The van der Waals surface area contributed by atoms with Crippen LogP contribution in [0, 0.1) is 12.7 Å². The van der Waals surface area contributed by atoms with Gasteiger partial charge >= 0.3 is 0 Å². The smallest absolute Gasteiger partial charge is 0.253 e. The zero-order valence-corrected chi connectivity index (χ0v) is 15.7. The number of hydrogen-bond acceptors (Lipinski definition) is 2. The Kier molecular flexibility index (Phi) is 6.22. The average molecular weight is 368 g/mol. The lowest BCUT2D eigenvalue weighted by Crippen LogP contribution is -2.37. The standard InChI is InChI=1S/C22H25FN2O2/c1-17-3-8-19(9-4-17)22(27)25-14-2-13-24(15-16-25)21(26)12-7-18-5-10-20(23)11-6-18/h3-6,8-11H,2,7,12-16H2,1H3. The van der Waals surface area contributed by atoms with Crippen molar-refractivity contribution < 1.29 is 14.0 Å². The van der Waals surface area contributed by atoms with E-state index in [0.29, 0.717) is 44.6 Å². The van der Waals surface area contributed by atoms with Crippen molar-refractivity contribution in [2.24, 2.45) is 0 Å². The Bertz CT molecular complexity index is 787. The molecule has 0 aromatic heterocycles. The Morgan fingerprint density at radius 2 is 1.52 bits per heavy atom. The van der Waals surface area contributed by atoms with Crippen LogP contribution >= 0.6 is 0 Å². The number of rotatable bonds is 4. The van der Waals surface area contributed by atoms with E-state index < -0.39 is 0 Å². The van der Waals surface area contributed by atoms with Crippen LogP contribution in [0.2, 0.25) is 0 Å². The molecule has 1 fully saturated rings. The fourth-order valence-corrected chi connectivity index (χ4v) is 3.31. The van der Waals surface area contributed by atoms with E-state index in [1.807, 2.05) is 41.0 Å². The summed E-state index contributed by atoms with van der Waals surface area (Å²) in [5.74, 6) is -0.157. The number of carbonyl (C=O) groups excluding carboxylic acids is 2. The maximum Gasteiger partial charge on any atom is 0.253 e. The van der Waals surface area contributed by atoms with Crippen LogP contribution in [-0.2, 0) is 11.2 Å². The molecule has 1 saturated heterocycles. The minimum atomic E-state index is -0.268. The summed E-state index contributed by atoms with van der Waals surface area (Å²) in [6.07, 6.45) is 1.78. The molecule has 27 heavy (non-hydrogen) atoms. The first-order chi connectivity index (χ1) is 13.0. The summed E-state index contributed by atoms with van der Waals surface area (Å²) in [7, 11) is 0. The van der Waals surface area contributed by atoms with Crippen molar-refractivity contribution in [2.45, 2.75) is 26.2 Å². The minimum absolute atomic E-state index is 0.0237. The first-order valence-electron chi connectivity index (χ1n) is 9.41. The van der Waals surface area contributed by atoms with E-state index in [-0.39, 0.29) is 17.6 Å². The van der Waals surface area contributed by atoms with Gasteiger partial charge in [-0.05, 0) is 49.6 Å². The van der Waals surface area contributed by atoms with Gasteiger partial charge in [0.2, 0.25) is 5.91 Å². The van der Waals surface area contributed by atoms with E-state index in [2.05, 4.69) is 0 Å². The lowest BCUT2D eigenvalue weighted by atomic mass is 10.1. The van der Waals surface area contributed by atoms with E-state index in [1.165, 1.54) is 12.1 Å². The van der Waals surface area contributed by atoms with Gasteiger partial charge in [0.25, 0.3) is 5.91 Å². The highest BCUT2D eigenvalue weighted by Gasteiger charge is 2.22. The van der Waals surface area contributed by atoms with Gasteiger partial charge < -0.3 is 9.80 Å². The molecule has 142 valence electrons. The highest BCUT2D eigenvalue weighted by Crippen LogP contribution is 2.12. The molecule has 1 heterocycles. The third kappa shape index (κ3) is 5.16. The first-order valence-corrected chi connectivity index (χ1v) is 9.41. The van der Waals surface area contributed by atoms with E-state index in [0.717, 1.165) is 17.5 Å². The molecular weight excluding hydrogens is 343 g/mol. The van der Waals surface area contributed by atoms with Gasteiger partial charge in [-0.25, -0.2) is 4.39 Å². The highest BCUT2D eigenvalue weighted by molar-refractivity contribution is 5.94. The van der Waals surface area contributed by atoms with Crippen molar-refractivity contribution in [3.8, 4) is 0 Å². The molecule has 0 unspecified atom stereocenters. The van der Waals surface area contributed by atoms with Gasteiger partial charge in [0, 0.05) is 38.2 Å². The number of nitrogens with zero attached hydrogens (tertiary/aromatic N) is 2. The van der Waals surface area contributed by atoms with Crippen molar-refractivity contribution in [3.63, 3.8) is 0 Å². The number of hydrogen-bond donors (Lipinski definition) is 0. The Balaban J connectivity index is 1.52. The fraction of sp³-hybridized carbons (Fsp3) is 0.364. The summed E-state index contributed by atoms with van der Waals surface area (Å²) in [4.78, 5) is 28.9. The fourth-order valence-electron chi connectivity index (χ4n) is 3.31. The van der Waals surface area contributed by atoms with Crippen LogP contribution in [0.15, 0.2) is 48.5 Å². The molecule has 0 atom stereocenters. The van der Waals surface area contributed by atoms with Crippen LogP contribution in [-0.4, -0.2) is 47.8 Å². The minimum Gasteiger partial charge on any atom is -0.341 e. The van der Waals surface area contributed by atoms with Crippen LogP contribution in [0.4, 0.5) is 4.39 Å². The number of carbonyl (C=O) groups is 2. The highest BCUT2D eigenvalue weighted by atomic mass is 19.1. The van der Waals surface area contributed by atoms with Gasteiger partial charge in [0.1, 0.15) is 5.82 Å². The second kappa shape index (κ2) is 8.80. The second-order valence-electron chi connectivity index (χ2n) is 7.02. The topological polar surface area (TPSA) is 40.6 Å². The molecule has 0 spiro atoms. The number of aryl methyl sites for hydroxylation is 2. The molecule has 0 saturated carbocycles. The Labute approximate surface area is 159 Å². The summed E-state index contributed by atoms with van der Waals surface area (Å²) in [5.41, 5.74) is 2.77. The molecule has 2 amide bonds. The van der Waals surface area contributed by atoms with Crippen molar-refractivity contribution >= 4 is 11.8 Å². The van der Waals surface area contributed by atoms with E-state index in [9.17, 15) is 14.0 Å². The molecule has 4 nitrogen and oxygen atoms in total. The van der Waals surface area contributed by atoms with E-state index in [4.69, 9.17) is 0 Å². The van der Waals surface area contributed by atoms with Crippen LogP contribution in [0.25, 0.3) is 0 Å². The molecule has 2 aromatic rings. The lowest BCUT2D eigenvalue weighted by molar-refractivity contribution is -0.131. The van der Waals surface area contributed by atoms with Gasteiger partial charge in [-0.1, -0.05) is 29.8 Å². The molecule has 1 aliphatic rings. The molecule has 0 radical (unpaired) electrons. The molecule has 0 aliphatic carbocycles. The Hall–Kier alpha value is -2.69. The summed E-state index contributed by atoms with van der Waals surface area (Å²) in [6, 6.07) is 13.9. The van der Waals surface area contributed by atoms with Crippen LogP contribution < -0.4 is 0 Å². The summed E-state index contributed by atoms with van der Waals surface area (Å²) >= 11 is 0. The van der Waals surface area contributed by atoms with Gasteiger partial charge in [0.15, 0.2) is 0 Å². The summed E-state index contributed by atoms with van der Waals surface area (Å²) in [6.45, 7) is 4.43. The molecule has 0 bridgehead atoms. The van der Waals surface area contributed by atoms with Gasteiger partial charge in [-0.15, -0.1) is 0 Å². The van der Waals surface area contributed by atoms with Crippen LogP contribution in [0.5, 0.6) is 0 Å². The maximum absolute atomic E-state index is 13.0. The zero-order chi connectivity index (χ0) is 19.2. The Morgan fingerprint density at radius 1 is 0.889 bits per heavy atom. The summed E-state index contributed by atoms with van der Waals surface area (Å²) in [5, 5.41) is 0. The number of benzene rings is 2. The third-order valence-corrected chi connectivity index (χ3v) is 4.98. The lowest BCUT2D eigenvalue weighted by Gasteiger charge is -2.22. The van der Waals surface area contributed by atoms with E-state index in [1.54, 1.807) is 12.1 Å². The zero-order valence-electron chi connectivity index (χ0n) is 15.7. The largest absolute Gasteiger partial charge is 0.341 e. The van der Waals surface area contributed by atoms with Crippen LogP contribution in [0.3, 0.4) is 0 Å². The SMILES string of the molecule is Cc1ccc(C(=O)N2CCCN(C(=O)CCc3ccc(F)cc3)CC2)cc1. The third-order valence-electron chi connectivity index (χ3n) is 4.98. The van der Waals surface area contributed by atoms with Crippen molar-refractivity contribution in [1.29, 1.82) is 0 Å². The van der Waals surface area contributed by atoms with Crippen molar-refractivity contribution in [1.82, 2.24) is 9.80 Å². The van der Waals surface area contributed by atoms with Crippen molar-refractivity contribution in [3.05, 3.63) is 71.0 Å². The monoisotopic (exact) mass is 368 g/mol. The molecule has 5 heteroatoms. The van der Waals surface area contributed by atoms with Crippen LogP contribution in [0.1, 0.15) is 34.3 Å². The molecule has 3 rings (SSSR count). The second-order valence-corrected chi connectivity index (χ2v) is 7.02. The van der Waals surface area contributed by atoms with E-state index >= 15 is 0 Å². The number of halogens is 1. The number of amides is 2. The average Bonchev–Trinajstić information content (AvgIpc) is 2.94. The predicted molar refractivity (Wildman–Crippen MR) is 103 cm³/mol. The quantitative estimate of drug-likeness (QED) is 0.829. The maximum atomic E-state index is 13.0. The molecular formula is C22H25FN2O2. The predicted octanol–water partition coefficient (Wildman–Crippen LogP) is 3.44. The first kappa shape index (κ1) is 19.1.